The zero-order chi connectivity index (χ0) is 18.8. The summed E-state index contributed by atoms with van der Waals surface area (Å²) in [5.41, 5.74) is 0. The van der Waals surface area contributed by atoms with Gasteiger partial charge in [-0.2, -0.15) is 13.5 Å². The molecule has 0 saturated heterocycles. The smallest absolute Gasteiger partial charge is 0.326 e. The van der Waals surface area contributed by atoms with Gasteiger partial charge in [-0.1, -0.05) is 18.2 Å². The minimum atomic E-state index is -4.14. The third kappa shape index (κ3) is 3.94. The molecule has 2 aromatic carbocycles. The second-order valence-electron chi connectivity index (χ2n) is 4.51. The predicted octanol–water partition coefficient (Wildman–Crippen LogP) is 2.27. The number of carbonyl (C=O) groups excluding carboxylic acids is 1. The van der Waals surface area contributed by atoms with Crippen LogP contribution in [0.25, 0.3) is 0 Å². The van der Waals surface area contributed by atoms with Crippen molar-refractivity contribution < 1.29 is 39.9 Å². The monoisotopic (exact) mass is 381 g/mol. The number of benzene rings is 2. The zero-order valence-electron chi connectivity index (χ0n) is 12.0. The molecular weight excluding hydrogens is 373 g/mol. The molecule has 0 heterocycles. The summed E-state index contributed by atoms with van der Waals surface area (Å²) in [6.07, 6.45) is 0. The minimum absolute atomic E-state index is 0.209. The topological polar surface area (TPSA) is 72.5 Å². The van der Waals surface area contributed by atoms with Gasteiger partial charge in [-0.3, -0.25) is 4.79 Å². The van der Waals surface area contributed by atoms with Crippen molar-refractivity contribution >= 4 is 16.0 Å². The zero-order valence-corrected chi connectivity index (χ0v) is 12.8. The van der Waals surface area contributed by atoms with Crippen LogP contribution in [-0.4, -0.2) is 20.9 Å². The quantitative estimate of drug-likeness (QED) is 0.284. The first-order valence-electron chi connectivity index (χ1n) is 6.42. The van der Waals surface area contributed by atoms with Crippen LogP contribution in [0.5, 0.6) is 5.75 Å². The van der Waals surface area contributed by atoms with Crippen molar-refractivity contribution in [3.05, 3.63) is 59.4 Å². The molecule has 0 aliphatic heterocycles. The van der Waals surface area contributed by atoms with E-state index in [9.17, 15) is 35.2 Å². The number of esters is 1. The van der Waals surface area contributed by atoms with Crippen LogP contribution in [0.3, 0.4) is 0 Å². The molecule has 0 bridgehead atoms. The van der Waals surface area contributed by atoms with Gasteiger partial charge < -0.3 is 4.74 Å². The molecule has 0 saturated carbocycles. The van der Waals surface area contributed by atoms with Gasteiger partial charge in [0.05, 0.1) is 4.90 Å². The lowest BCUT2D eigenvalue weighted by Gasteiger charge is -2.09. The van der Waals surface area contributed by atoms with E-state index in [1.54, 1.807) is 4.72 Å². The van der Waals surface area contributed by atoms with E-state index in [1.807, 2.05) is 0 Å². The van der Waals surface area contributed by atoms with Gasteiger partial charge >= 0.3 is 5.97 Å². The SMILES string of the molecule is O=C(CNS(=O)(=O)c1ccccc1)Oc1c(F)c(F)c(F)c(F)c1F. The van der Waals surface area contributed by atoms with Crippen LogP contribution in [0.15, 0.2) is 35.2 Å². The van der Waals surface area contributed by atoms with Gasteiger partial charge in [-0.15, -0.1) is 0 Å². The molecule has 0 aliphatic rings. The molecule has 5 nitrogen and oxygen atoms in total. The lowest BCUT2D eigenvalue weighted by atomic mass is 10.2. The molecule has 0 aromatic heterocycles. The van der Waals surface area contributed by atoms with Crippen LogP contribution in [0, 0.1) is 29.1 Å². The number of carbonyl (C=O) groups is 1. The lowest BCUT2D eigenvalue weighted by Crippen LogP contribution is -2.32. The third-order valence-electron chi connectivity index (χ3n) is 2.85. The van der Waals surface area contributed by atoms with E-state index in [4.69, 9.17) is 0 Å². The highest BCUT2D eigenvalue weighted by molar-refractivity contribution is 7.89. The van der Waals surface area contributed by atoms with Crippen molar-refractivity contribution in [1.29, 1.82) is 0 Å². The first-order valence-corrected chi connectivity index (χ1v) is 7.90. The first kappa shape index (κ1) is 18.8. The van der Waals surface area contributed by atoms with Gasteiger partial charge in [0.2, 0.25) is 44.9 Å². The Labute approximate surface area is 138 Å². The normalized spacial score (nSPS) is 11.4. The average molecular weight is 381 g/mol. The maximum atomic E-state index is 13.4. The fourth-order valence-electron chi connectivity index (χ4n) is 1.66. The number of hydrogen-bond donors (Lipinski definition) is 1. The molecule has 0 aliphatic carbocycles. The summed E-state index contributed by atoms with van der Waals surface area (Å²) in [5, 5.41) is 0. The van der Waals surface area contributed by atoms with Crippen molar-refractivity contribution in [3.8, 4) is 5.75 Å². The van der Waals surface area contributed by atoms with Crippen molar-refractivity contribution in [2.75, 3.05) is 6.54 Å². The van der Waals surface area contributed by atoms with Crippen LogP contribution in [0.2, 0.25) is 0 Å². The average Bonchev–Trinajstić information content (AvgIpc) is 2.61. The largest absolute Gasteiger partial charge is 0.419 e. The van der Waals surface area contributed by atoms with E-state index in [0.29, 0.717) is 0 Å². The van der Waals surface area contributed by atoms with E-state index in [1.165, 1.54) is 30.3 Å². The maximum absolute atomic E-state index is 13.4. The van der Waals surface area contributed by atoms with Gasteiger partial charge in [0.15, 0.2) is 0 Å². The number of hydrogen-bond acceptors (Lipinski definition) is 4. The van der Waals surface area contributed by atoms with E-state index in [0.717, 1.165) is 0 Å². The standard InChI is InChI=1S/C14H8F5NO4S/c15-9-10(16)12(18)14(13(19)11(9)17)24-8(21)6-20-25(22,23)7-4-2-1-3-5-7/h1-5,20H,6H2. The van der Waals surface area contributed by atoms with E-state index >= 15 is 0 Å². The molecule has 134 valence electrons. The molecule has 0 amide bonds. The van der Waals surface area contributed by atoms with Gasteiger partial charge in [0.25, 0.3) is 0 Å². The van der Waals surface area contributed by atoms with Gasteiger partial charge in [-0.25, -0.2) is 21.6 Å². The molecule has 1 N–H and O–H groups in total. The van der Waals surface area contributed by atoms with E-state index < -0.39 is 57.4 Å². The summed E-state index contributed by atoms with van der Waals surface area (Å²) in [5.74, 6) is -15.1. The van der Waals surface area contributed by atoms with Crippen molar-refractivity contribution in [3.63, 3.8) is 0 Å². The highest BCUT2D eigenvalue weighted by Crippen LogP contribution is 2.29. The maximum Gasteiger partial charge on any atom is 0.326 e. The Morgan fingerprint density at radius 3 is 1.88 bits per heavy atom. The van der Waals surface area contributed by atoms with Crippen LogP contribution < -0.4 is 9.46 Å². The molecule has 2 rings (SSSR count). The van der Waals surface area contributed by atoms with Gasteiger partial charge in [0.1, 0.15) is 6.54 Å². The Bertz CT molecular complexity index is 890. The molecule has 2 aromatic rings. The first-order chi connectivity index (χ1) is 11.6. The number of sulfonamides is 1. The minimum Gasteiger partial charge on any atom is -0.419 e. The number of halogens is 5. The van der Waals surface area contributed by atoms with Crippen molar-refractivity contribution in [1.82, 2.24) is 4.72 Å². The van der Waals surface area contributed by atoms with Crippen LogP contribution in [0.1, 0.15) is 0 Å². The summed E-state index contributed by atoms with van der Waals surface area (Å²) in [6.45, 7) is -1.10. The molecule has 11 heteroatoms. The third-order valence-corrected chi connectivity index (χ3v) is 4.26. The lowest BCUT2D eigenvalue weighted by molar-refractivity contribution is -0.133. The number of nitrogens with one attached hydrogen (secondary N) is 1. The fourth-order valence-corrected chi connectivity index (χ4v) is 2.65. The molecule has 0 atom stereocenters. The van der Waals surface area contributed by atoms with E-state index in [-0.39, 0.29) is 4.90 Å². The van der Waals surface area contributed by atoms with E-state index in [2.05, 4.69) is 4.74 Å². The summed E-state index contributed by atoms with van der Waals surface area (Å²) >= 11 is 0. The van der Waals surface area contributed by atoms with Gasteiger partial charge in [0, 0.05) is 0 Å². The number of ether oxygens (including phenoxy) is 1. The Hall–Kier alpha value is -2.53. The Kier molecular flexibility index (Phi) is 5.38. The second kappa shape index (κ2) is 7.15. The summed E-state index contributed by atoms with van der Waals surface area (Å²) in [6, 6.07) is 6.76. The highest BCUT2D eigenvalue weighted by atomic mass is 32.2. The summed E-state index contributed by atoms with van der Waals surface area (Å²) in [4.78, 5) is 11.3. The van der Waals surface area contributed by atoms with Crippen LogP contribution >= 0.6 is 0 Å². The molecular formula is C14H8F5NO4S. The van der Waals surface area contributed by atoms with Crippen LogP contribution in [-0.2, 0) is 14.8 Å². The molecule has 0 radical (unpaired) electrons. The Balaban J connectivity index is 2.14. The molecule has 0 fully saturated rings. The predicted molar refractivity (Wildman–Crippen MR) is 73.5 cm³/mol. The van der Waals surface area contributed by atoms with Crippen LogP contribution in [0.4, 0.5) is 22.0 Å². The molecule has 0 unspecified atom stereocenters. The Morgan fingerprint density at radius 2 is 1.36 bits per heavy atom. The number of rotatable bonds is 5. The Morgan fingerprint density at radius 1 is 0.880 bits per heavy atom. The van der Waals surface area contributed by atoms with Crippen molar-refractivity contribution in [2.24, 2.45) is 0 Å². The summed E-state index contributed by atoms with van der Waals surface area (Å²) < 4.78 is 95.1. The fraction of sp³-hybridized carbons (Fsp3) is 0.0714. The highest BCUT2D eigenvalue weighted by Gasteiger charge is 2.28. The van der Waals surface area contributed by atoms with Gasteiger partial charge in [-0.05, 0) is 12.1 Å². The van der Waals surface area contributed by atoms with Crippen molar-refractivity contribution in [2.45, 2.75) is 4.90 Å². The summed E-state index contributed by atoms with van der Waals surface area (Å²) in [7, 11) is -4.14. The molecule has 0 spiro atoms. The second-order valence-corrected chi connectivity index (χ2v) is 6.28. The molecule has 25 heavy (non-hydrogen) atoms.